The molecule has 4 rings (SSSR count). The lowest BCUT2D eigenvalue weighted by atomic mass is 9.81. The minimum Gasteiger partial charge on any atom is -0.373 e. The van der Waals surface area contributed by atoms with Crippen LogP contribution in [0.15, 0.2) is 6.07 Å². The van der Waals surface area contributed by atoms with Crippen LogP contribution in [0.5, 0.6) is 0 Å². The average molecular weight is 261 g/mol. The van der Waals surface area contributed by atoms with Gasteiger partial charge in [0, 0.05) is 18.8 Å². The van der Waals surface area contributed by atoms with Crippen LogP contribution < -0.4 is 4.90 Å². The van der Waals surface area contributed by atoms with Crippen molar-refractivity contribution in [1.82, 2.24) is 9.78 Å². The van der Waals surface area contributed by atoms with Crippen LogP contribution >= 0.6 is 0 Å². The normalized spacial score (nSPS) is 36.4. The van der Waals surface area contributed by atoms with Crippen LogP contribution in [0.25, 0.3) is 0 Å². The fourth-order valence-corrected chi connectivity index (χ4v) is 3.59. The summed E-state index contributed by atoms with van der Waals surface area (Å²) in [6.07, 6.45) is 1.64. The van der Waals surface area contributed by atoms with E-state index >= 15 is 0 Å². The minimum absolute atomic E-state index is 0.0683. The Kier molecular flexibility index (Phi) is 2.02. The standard InChI is InChI=1S/C13H15N3O3/c1-6-5-9(14-15(6)2)16-12(17)10-7-3-4-8(19-7)11(10)13(16)18/h5,7-8,10-11H,3-4H2,1-2H3. The maximum Gasteiger partial charge on any atom is 0.241 e. The summed E-state index contributed by atoms with van der Waals surface area (Å²) in [5, 5.41) is 4.25. The first-order chi connectivity index (χ1) is 9.08. The minimum atomic E-state index is -0.284. The van der Waals surface area contributed by atoms with E-state index in [-0.39, 0.29) is 35.9 Å². The Labute approximate surface area is 110 Å². The van der Waals surface area contributed by atoms with Crippen molar-refractivity contribution in [2.75, 3.05) is 4.90 Å². The number of fused-ring (bicyclic) bond motifs is 5. The number of hydrogen-bond donors (Lipinski definition) is 0. The zero-order valence-electron chi connectivity index (χ0n) is 10.9. The molecule has 4 unspecified atom stereocenters. The molecule has 6 nitrogen and oxygen atoms in total. The first kappa shape index (κ1) is 11.2. The third-order valence-corrected chi connectivity index (χ3v) is 4.61. The van der Waals surface area contributed by atoms with E-state index in [1.54, 1.807) is 17.8 Å². The number of nitrogens with zero attached hydrogens (tertiary/aromatic N) is 3. The predicted octanol–water partition coefficient (Wildman–Crippen LogP) is 0.395. The number of aryl methyl sites for hydroxylation is 2. The van der Waals surface area contributed by atoms with Crippen LogP contribution in [-0.4, -0.2) is 33.8 Å². The Morgan fingerprint density at radius 2 is 1.79 bits per heavy atom. The van der Waals surface area contributed by atoms with Crippen molar-refractivity contribution in [3.05, 3.63) is 11.8 Å². The molecule has 2 bridgehead atoms. The molecule has 6 heteroatoms. The summed E-state index contributed by atoms with van der Waals surface area (Å²) in [6.45, 7) is 1.90. The van der Waals surface area contributed by atoms with Crippen molar-refractivity contribution < 1.29 is 14.3 Å². The summed E-state index contributed by atoms with van der Waals surface area (Å²) in [5.41, 5.74) is 0.923. The highest BCUT2D eigenvalue weighted by Gasteiger charge is 2.63. The molecule has 4 heterocycles. The van der Waals surface area contributed by atoms with Gasteiger partial charge in [-0.1, -0.05) is 0 Å². The van der Waals surface area contributed by atoms with Crippen LogP contribution in [0.2, 0.25) is 0 Å². The molecule has 0 saturated carbocycles. The fraction of sp³-hybridized carbons (Fsp3) is 0.615. The zero-order valence-corrected chi connectivity index (χ0v) is 10.9. The number of rotatable bonds is 1. The van der Waals surface area contributed by atoms with Crippen LogP contribution in [0, 0.1) is 18.8 Å². The fourth-order valence-electron chi connectivity index (χ4n) is 3.59. The Balaban J connectivity index is 1.75. The van der Waals surface area contributed by atoms with Crippen LogP contribution in [0.3, 0.4) is 0 Å². The van der Waals surface area contributed by atoms with E-state index in [2.05, 4.69) is 5.10 Å². The van der Waals surface area contributed by atoms with Gasteiger partial charge in [0.25, 0.3) is 0 Å². The molecule has 1 aromatic heterocycles. The zero-order chi connectivity index (χ0) is 13.3. The molecular formula is C13H15N3O3. The van der Waals surface area contributed by atoms with Gasteiger partial charge in [0.05, 0.1) is 24.0 Å². The number of ether oxygens (including phenoxy) is 1. The quantitative estimate of drug-likeness (QED) is 0.686. The summed E-state index contributed by atoms with van der Waals surface area (Å²) >= 11 is 0. The third-order valence-electron chi connectivity index (χ3n) is 4.61. The Bertz CT molecular complexity index is 546. The predicted molar refractivity (Wildman–Crippen MR) is 65.3 cm³/mol. The number of amides is 2. The monoisotopic (exact) mass is 261 g/mol. The lowest BCUT2D eigenvalue weighted by Gasteiger charge is -2.15. The molecule has 0 spiro atoms. The van der Waals surface area contributed by atoms with Crippen molar-refractivity contribution in [2.45, 2.75) is 32.0 Å². The highest BCUT2D eigenvalue weighted by Crippen LogP contribution is 2.49. The molecule has 3 aliphatic heterocycles. The Morgan fingerprint density at radius 1 is 1.21 bits per heavy atom. The van der Waals surface area contributed by atoms with E-state index in [0.29, 0.717) is 5.82 Å². The molecule has 0 N–H and O–H groups in total. The molecule has 3 fully saturated rings. The molecule has 0 aromatic carbocycles. The van der Waals surface area contributed by atoms with Crippen molar-refractivity contribution in [3.63, 3.8) is 0 Å². The number of anilines is 1. The van der Waals surface area contributed by atoms with Gasteiger partial charge in [0.1, 0.15) is 0 Å². The van der Waals surface area contributed by atoms with E-state index in [1.165, 1.54) is 4.90 Å². The molecule has 3 saturated heterocycles. The Hall–Kier alpha value is -1.69. The summed E-state index contributed by atoms with van der Waals surface area (Å²) in [6, 6.07) is 1.78. The molecule has 4 atom stereocenters. The van der Waals surface area contributed by atoms with Gasteiger partial charge in [-0.2, -0.15) is 5.10 Å². The van der Waals surface area contributed by atoms with Gasteiger partial charge in [0.2, 0.25) is 11.8 Å². The maximum absolute atomic E-state index is 12.5. The summed E-state index contributed by atoms with van der Waals surface area (Å²) in [5.74, 6) is -0.397. The van der Waals surface area contributed by atoms with Crippen LogP contribution in [-0.2, 0) is 21.4 Å². The molecule has 1 aromatic rings. The van der Waals surface area contributed by atoms with E-state index < -0.39 is 0 Å². The molecule has 3 aliphatic rings. The summed E-state index contributed by atoms with van der Waals surface area (Å²) < 4.78 is 7.37. The van der Waals surface area contributed by atoms with E-state index in [4.69, 9.17) is 4.74 Å². The average Bonchev–Trinajstić information content (AvgIpc) is 3.07. The second-order valence-corrected chi connectivity index (χ2v) is 5.62. The largest absolute Gasteiger partial charge is 0.373 e. The maximum atomic E-state index is 12.5. The van der Waals surface area contributed by atoms with E-state index in [1.807, 2.05) is 6.92 Å². The van der Waals surface area contributed by atoms with Gasteiger partial charge < -0.3 is 4.74 Å². The molecule has 100 valence electrons. The van der Waals surface area contributed by atoms with Gasteiger partial charge in [0.15, 0.2) is 5.82 Å². The second kappa shape index (κ2) is 3.45. The summed E-state index contributed by atoms with van der Waals surface area (Å²) in [7, 11) is 1.80. The highest BCUT2D eigenvalue weighted by molar-refractivity contribution is 6.22. The number of carbonyl (C=O) groups is 2. The number of carbonyl (C=O) groups excluding carboxylic acids is 2. The topological polar surface area (TPSA) is 64.4 Å². The van der Waals surface area contributed by atoms with Crippen molar-refractivity contribution in [2.24, 2.45) is 18.9 Å². The molecular weight excluding hydrogens is 246 g/mol. The van der Waals surface area contributed by atoms with Crippen molar-refractivity contribution >= 4 is 17.6 Å². The van der Waals surface area contributed by atoms with Crippen molar-refractivity contribution in [3.8, 4) is 0 Å². The summed E-state index contributed by atoms with van der Waals surface area (Å²) in [4.78, 5) is 26.2. The SMILES string of the molecule is Cc1cc(N2C(=O)C3C4CCC(O4)C3C2=O)nn1C. The number of hydrogen-bond acceptors (Lipinski definition) is 4. The first-order valence-corrected chi connectivity index (χ1v) is 6.62. The van der Waals surface area contributed by atoms with Crippen molar-refractivity contribution in [1.29, 1.82) is 0 Å². The van der Waals surface area contributed by atoms with Crippen LogP contribution in [0.1, 0.15) is 18.5 Å². The lowest BCUT2D eigenvalue weighted by molar-refractivity contribution is -0.124. The molecule has 0 radical (unpaired) electrons. The van der Waals surface area contributed by atoms with Gasteiger partial charge in [-0.3, -0.25) is 14.3 Å². The Morgan fingerprint density at radius 3 is 2.26 bits per heavy atom. The molecule has 0 aliphatic carbocycles. The smallest absolute Gasteiger partial charge is 0.241 e. The van der Waals surface area contributed by atoms with Gasteiger partial charge >= 0.3 is 0 Å². The number of imide groups is 1. The van der Waals surface area contributed by atoms with Gasteiger partial charge in [-0.15, -0.1) is 0 Å². The van der Waals surface area contributed by atoms with Gasteiger partial charge in [-0.25, -0.2) is 4.90 Å². The van der Waals surface area contributed by atoms with E-state index in [9.17, 15) is 9.59 Å². The third kappa shape index (κ3) is 1.27. The van der Waals surface area contributed by atoms with Gasteiger partial charge in [-0.05, 0) is 19.8 Å². The second-order valence-electron chi connectivity index (χ2n) is 5.62. The van der Waals surface area contributed by atoms with E-state index in [0.717, 1.165) is 18.5 Å². The first-order valence-electron chi connectivity index (χ1n) is 6.62. The highest BCUT2D eigenvalue weighted by atomic mass is 16.5. The molecule has 2 amide bonds. The number of aromatic nitrogens is 2. The molecule has 19 heavy (non-hydrogen) atoms. The lowest BCUT2D eigenvalue weighted by Crippen LogP contribution is -2.34. The van der Waals surface area contributed by atoms with Crippen LogP contribution in [0.4, 0.5) is 5.82 Å².